The van der Waals surface area contributed by atoms with Gasteiger partial charge in [0, 0.05) is 13.0 Å². The molecule has 0 saturated carbocycles. The van der Waals surface area contributed by atoms with E-state index in [0.717, 1.165) is 11.1 Å². The third-order valence-electron chi connectivity index (χ3n) is 4.34. The standard InChI is InChI=1S/C19H20FN3O2/c1-2-13(14-5-3-4-6-15(14)20)10-18(24)21-11-12-7-8-16-17(9-12)23-19(25)22-16/h3-9,13H,2,10-11H2,1H3,(H,21,24)(H2,22,23,25). The van der Waals surface area contributed by atoms with Gasteiger partial charge in [0.05, 0.1) is 11.0 Å². The Morgan fingerprint density at radius 1 is 1.16 bits per heavy atom. The summed E-state index contributed by atoms with van der Waals surface area (Å²) in [6, 6.07) is 12.0. The number of H-pyrrole nitrogens is 2. The number of halogens is 1. The van der Waals surface area contributed by atoms with E-state index in [1.807, 2.05) is 19.1 Å². The predicted molar refractivity (Wildman–Crippen MR) is 94.8 cm³/mol. The number of benzene rings is 2. The van der Waals surface area contributed by atoms with Gasteiger partial charge in [-0.25, -0.2) is 9.18 Å². The molecule has 0 aliphatic carbocycles. The maximum absolute atomic E-state index is 13.9. The van der Waals surface area contributed by atoms with Crippen molar-refractivity contribution in [2.45, 2.75) is 32.2 Å². The molecule has 1 heterocycles. The van der Waals surface area contributed by atoms with Crippen LogP contribution in [0.2, 0.25) is 0 Å². The average molecular weight is 341 g/mol. The lowest BCUT2D eigenvalue weighted by Crippen LogP contribution is -2.24. The minimum atomic E-state index is -0.274. The Morgan fingerprint density at radius 2 is 1.92 bits per heavy atom. The second kappa shape index (κ2) is 7.34. The van der Waals surface area contributed by atoms with E-state index >= 15 is 0 Å². The van der Waals surface area contributed by atoms with Crippen LogP contribution in [0.25, 0.3) is 11.0 Å². The van der Waals surface area contributed by atoms with E-state index in [0.29, 0.717) is 24.0 Å². The summed E-state index contributed by atoms with van der Waals surface area (Å²) >= 11 is 0. The number of aromatic amines is 2. The zero-order valence-corrected chi connectivity index (χ0v) is 13.9. The van der Waals surface area contributed by atoms with Gasteiger partial charge in [-0.3, -0.25) is 4.79 Å². The molecule has 25 heavy (non-hydrogen) atoms. The lowest BCUT2D eigenvalue weighted by atomic mass is 9.92. The van der Waals surface area contributed by atoms with Gasteiger partial charge < -0.3 is 15.3 Å². The SMILES string of the molecule is CCC(CC(=O)NCc1ccc2[nH]c(=O)[nH]c2c1)c1ccccc1F. The highest BCUT2D eigenvalue weighted by Gasteiger charge is 2.17. The Labute approximate surface area is 144 Å². The number of hydrogen-bond acceptors (Lipinski definition) is 2. The first-order valence-corrected chi connectivity index (χ1v) is 8.29. The van der Waals surface area contributed by atoms with Crippen molar-refractivity contribution in [1.29, 1.82) is 0 Å². The summed E-state index contributed by atoms with van der Waals surface area (Å²) in [7, 11) is 0. The van der Waals surface area contributed by atoms with Crippen molar-refractivity contribution < 1.29 is 9.18 Å². The topological polar surface area (TPSA) is 77.8 Å². The van der Waals surface area contributed by atoms with E-state index in [-0.39, 0.29) is 29.8 Å². The van der Waals surface area contributed by atoms with Gasteiger partial charge in [-0.05, 0) is 41.7 Å². The van der Waals surface area contributed by atoms with E-state index in [1.54, 1.807) is 24.3 Å². The smallest absolute Gasteiger partial charge is 0.323 e. The van der Waals surface area contributed by atoms with E-state index in [4.69, 9.17) is 0 Å². The van der Waals surface area contributed by atoms with Crippen LogP contribution >= 0.6 is 0 Å². The average Bonchev–Trinajstić information content (AvgIpc) is 2.98. The number of amides is 1. The predicted octanol–water partition coefficient (Wildman–Crippen LogP) is 3.20. The normalized spacial score (nSPS) is 12.2. The van der Waals surface area contributed by atoms with Crippen LogP contribution in [-0.2, 0) is 11.3 Å². The Kier molecular flexibility index (Phi) is 4.97. The van der Waals surface area contributed by atoms with Crippen molar-refractivity contribution in [2.24, 2.45) is 0 Å². The molecule has 0 aliphatic rings. The fraction of sp³-hybridized carbons (Fsp3) is 0.263. The number of aromatic nitrogens is 2. The molecule has 3 rings (SSSR count). The first-order chi connectivity index (χ1) is 12.1. The molecular weight excluding hydrogens is 321 g/mol. The second-order valence-electron chi connectivity index (χ2n) is 6.07. The van der Waals surface area contributed by atoms with Crippen molar-refractivity contribution in [2.75, 3.05) is 0 Å². The Hall–Kier alpha value is -2.89. The summed E-state index contributed by atoms with van der Waals surface area (Å²) in [6.45, 7) is 2.30. The van der Waals surface area contributed by atoms with Crippen LogP contribution in [-0.4, -0.2) is 15.9 Å². The van der Waals surface area contributed by atoms with Gasteiger partial charge in [0.1, 0.15) is 5.82 Å². The fourth-order valence-corrected chi connectivity index (χ4v) is 2.97. The van der Waals surface area contributed by atoms with Gasteiger partial charge in [0.15, 0.2) is 0 Å². The third kappa shape index (κ3) is 3.96. The number of nitrogens with one attached hydrogen (secondary N) is 3. The highest BCUT2D eigenvalue weighted by atomic mass is 19.1. The van der Waals surface area contributed by atoms with Gasteiger partial charge in [0.25, 0.3) is 0 Å². The molecule has 1 aromatic heterocycles. The summed E-state index contributed by atoms with van der Waals surface area (Å²) in [4.78, 5) is 28.9. The maximum atomic E-state index is 13.9. The van der Waals surface area contributed by atoms with Crippen molar-refractivity contribution in [1.82, 2.24) is 15.3 Å². The Bertz CT molecular complexity index is 945. The number of hydrogen-bond donors (Lipinski definition) is 3. The van der Waals surface area contributed by atoms with Crippen LogP contribution in [0, 0.1) is 5.82 Å². The Balaban J connectivity index is 1.63. The molecule has 5 nitrogen and oxygen atoms in total. The molecule has 0 bridgehead atoms. The number of carbonyl (C=O) groups excluding carboxylic acids is 1. The van der Waals surface area contributed by atoms with E-state index < -0.39 is 0 Å². The van der Waals surface area contributed by atoms with Gasteiger partial charge in [-0.1, -0.05) is 31.2 Å². The molecule has 3 N–H and O–H groups in total. The molecule has 1 atom stereocenters. The van der Waals surface area contributed by atoms with Crippen LogP contribution in [0.5, 0.6) is 0 Å². The van der Waals surface area contributed by atoms with Gasteiger partial charge in [-0.2, -0.15) is 0 Å². The van der Waals surface area contributed by atoms with Crippen molar-refractivity contribution in [3.8, 4) is 0 Å². The molecule has 0 aliphatic heterocycles. The highest BCUT2D eigenvalue weighted by molar-refractivity contribution is 5.78. The highest BCUT2D eigenvalue weighted by Crippen LogP contribution is 2.25. The first kappa shape index (κ1) is 17.0. The van der Waals surface area contributed by atoms with Crippen molar-refractivity contribution >= 4 is 16.9 Å². The van der Waals surface area contributed by atoms with Crippen LogP contribution in [0.3, 0.4) is 0 Å². The molecule has 1 unspecified atom stereocenters. The van der Waals surface area contributed by atoms with E-state index in [2.05, 4.69) is 15.3 Å². The largest absolute Gasteiger partial charge is 0.352 e. The minimum Gasteiger partial charge on any atom is -0.352 e. The van der Waals surface area contributed by atoms with Gasteiger partial charge in [0.2, 0.25) is 5.91 Å². The number of carbonyl (C=O) groups is 1. The van der Waals surface area contributed by atoms with Crippen molar-refractivity contribution in [3.05, 3.63) is 69.9 Å². The maximum Gasteiger partial charge on any atom is 0.323 e. The third-order valence-corrected chi connectivity index (χ3v) is 4.34. The van der Waals surface area contributed by atoms with Gasteiger partial charge in [-0.15, -0.1) is 0 Å². The Morgan fingerprint density at radius 3 is 2.68 bits per heavy atom. The van der Waals surface area contributed by atoms with E-state index in [1.165, 1.54) is 6.07 Å². The molecule has 130 valence electrons. The molecule has 2 aromatic carbocycles. The van der Waals surface area contributed by atoms with Gasteiger partial charge >= 0.3 is 5.69 Å². The number of fused-ring (bicyclic) bond motifs is 1. The monoisotopic (exact) mass is 341 g/mol. The van der Waals surface area contributed by atoms with Crippen molar-refractivity contribution in [3.63, 3.8) is 0 Å². The van der Waals surface area contributed by atoms with Crippen LogP contribution in [0.15, 0.2) is 47.3 Å². The van der Waals surface area contributed by atoms with E-state index in [9.17, 15) is 14.0 Å². The lowest BCUT2D eigenvalue weighted by molar-refractivity contribution is -0.121. The van der Waals surface area contributed by atoms with Crippen LogP contribution in [0.1, 0.15) is 36.8 Å². The quantitative estimate of drug-likeness (QED) is 0.644. The molecular formula is C19H20FN3O2. The fourth-order valence-electron chi connectivity index (χ4n) is 2.97. The summed E-state index contributed by atoms with van der Waals surface area (Å²) in [5, 5.41) is 2.86. The second-order valence-corrected chi connectivity index (χ2v) is 6.07. The first-order valence-electron chi connectivity index (χ1n) is 8.29. The van der Waals surface area contributed by atoms with Crippen LogP contribution < -0.4 is 11.0 Å². The molecule has 6 heteroatoms. The summed E-state index contributed by atoms with van der Waals surface area (Å²) in [5.41, 5.74) is 2.63. The summed E-state index contributed by atoms with van der Waals surface area (Å²) < 4.78 is 13.9. The van der Waals surface area contributed by atoms with Crippen LogP contribution in [0.4, 0.5) is 4.39 Å². The summed E-state index contributed by atoms with van der Waals surface area (Å²) in [5.74, 6) is -0.550. The zero-order valence-electron chi connectivity index (χ0n) is 13.9. The molecule has 3 aromatic rings. The molecule has 0 saturated heterocycles. The molecule has 0 fully saturated rings. The molecule has 1 amide bonds. The lowest BCUT2D eigenvalue weighted by Gasteiger charge is -2.16. The zero-order chi connectivity index (χ0) is 17.8. The molecule has 0 radical (unpaired) electrons. The summed E-state index contributed by atoms with van der Waals surface area (Å²) in [6.07, 6.45) is 0.922. The number of imidazole rings is 1. The number of rotatable bonds is 6. The minimum absolute atomic E-state index is 0.127. The molecule has 0 spiro atoms.